The molecule has 0 fully saturated rings. The molecule has 0 unspecified atom stereocenters. The second kappa shape index (κ2) is 7.92. The zero-order valence-electron chi connectivity index (χ0n) is 15.3. The van der Waals surface area contributed by atoms with Crippen LogP contribution in [0.4, 0.5) is 5.69 Å². The number of nitriles is 1. The SMILES string of the molecule is N#Cc1cccc(NC(=O)COc2ccc(-c3nnc4n3CCCC4)cc2)c1. The number of carbonyl (C=O) groups excluding carboxylic acids is 1. The Labute approximate surface area is 162 Å². The van der Waals surface area contributed by atoms with Gasteiger partial charge in [0.15, 0.2) is 12.4 Å². The number of hydrogen-bond donors (Lipinski definition) is 1. The molecule has 0 radical (unpaired) electrons. The van der Waals surface area contributed by atoms with Crippen molar-refractivity contribution in [3.8, 4) is 23.2 Å². The molecule has 1 amide bonds. The molecule has 2 heterocycles. The van der Waals surface area contributed by atoms with Crippen molar-refractivity contribution >= 4 is 11.6 Å². The van der Waals surface area contributed by atoms with Gasteiger partial charge in [0, 0.05) is 24.2 Å². The summed E-state index contributed by atoms with van der Waals surface area (Å²) < 4.78 is 7.73. The van der Waals surface area contributed by atoms with Crippen molar-refractivity contribution in [2.24, 2.45) is 0 Å². The average Bonchev–Trinajstić information content (AvgIpc) is 3.17. The van der Waals surface area contributed by atoms with Gasteiger partial charge in [0.05, 0.1) is 11.6 Å². The maximum Gasteiger partial charge on any atom is 0.262 e. The zero-order chi connectivity index (χ0) is 19.3. The standard InChI is InChI=1S/C21H19N5O2/c22-13-15-4-3-5-17(12-15)23-20(27)14-28-18-9-7-16(8-10-18)21-25-24-19-6-1-2-11-26(19)21/h3-5,7-10,12H,1-2,6,11,14H2,(H,23,27). The maximum absolute atomic E-state index is 12.1. The number of amides is 1. The lowest BCUT2D eigenvalue weighted by molar-refractivity contribution is -0.118. The minimum atomic E-state index is -0.286. The van der Waals surface area contributed by atoms with E-state index >= 15 is 0 Å². The minimum absolute atomic E-state index is 0.115. The van der Waals surface area contributed by atoms with E-state index in [9.17, 15) is 4.79 Å². The van der Waals surface area contributed by atoms with Gasteiger partial charge in [-0.1, -0.05) is 6.07 Å². The molecule has 0 spiro atoms. The lowest BCUT2D eigenvalue weighted by Gasteiger charge is -2.14. The molecule has 0 aliphatic carbocycles. The molecule has 1 aliphatic heterocycles. The third kappa shape index (κ3) is 3.86. The van der Waals surface area contributed by atoms with Crippen molar-refractivity contribution < 1.29 is 9.53 Å². The molecule has 1 aromatic heterocycles. The first kappa shape index (κ1) is 17.7. The highest BCUT2D eigenvalue weighted by atomic mass is 16.5. The predicted molar refractivity (Wildman–Crippen MR) is 104 cm³/mol. The zero-order valence-corrected chi connectivity index (χ0v) is 15.3. The van der Waals surface area contributed by atoms with Gasteiger partial charge in [-0.15, -0.1) is 10.2 Å². The fourth-order valence-electron chi connectivity index (χ4n) is 3.23. The van der Waals surface area contributed by atoms with Crippen LogP contribution < -0.4 is 10.1 Å². The lowest BCUT2D eigenvalue weighted by Crippen LogP contribution is -2.20. The molecule has 2 aromatic carbocycles. The van der Waals surface area contributed by atoms with Crippen LogP contribution in [-0.4, -0.2) is 27.3 Å². The molecule has 0 saturated heterocycles. The number of anilines is 1. The Kier molecular flexibility index (Phi) is 5.02. The summed E-state index contributed by atoms with van der Waals surface area (Å²) in [4.78, 5) is 12.1. The summed E-state index contributed by atoms with van der Waals surface area (Å²) in [6.07, 6.45) is 3.28. The Bertz CT molecular complexity index is 1030. The summed E-state index contributed by atoms with van der Waals surface area (Å²) in [6, 6.07) is 16.3. The monoisotopic (exact) mass is 373 g/mol. The molecule has 1 N–H and O–H groups in total. The van der Waals surface area contributed by atoms with Crippen LogP contribution in [0.5, 0.6) is 5.75 Å². The molecule has 4 rings (SSSR count). The normalized spacial score (nSPS) is 12.7. The number of carbonyl (C=O) groups is 1. The Morgan fingerprint density at radius 2 is 2.04 bits per heavy atom. The van der Waals surface area contributed by atoms with Crippen LogP contribution in [0.25, 0.3) is 11.4 Å². The highest BCUT2D eigenvalue weighted by Gasteiger charge is 2.16. The van der Waals surface area contributed by atoms with Crippen molar-refractivity contribution in [2.45, 2.75) is 25.8 Å². The lowest BCUT2D eigenvalue weighted by atomic mass is 10.1. The van der Waals surface area contributed by atoms with Crippen molar-refractivity contribution in [3.63, 3.8) is 0 Å². The molecular weight excluding hydrogens is 354 g/mol. The molecule has 0 bridgehead atoms. The second-order valence-electron chi connectivity index (χ2n) is 6.60. The largest absolute Gasteiger partial charge is 0.484 e. The van der Waals surface area contributed by atoms with Crippen LogP contribution in [0.2, 0.25) is 0 Å². The summed E-state index contributed by atoms with van der Waals surface area (Å²) in [5, 5.41) is 20.2. The third-order valence-electron chi connectivity index (χ3n) is 4.62. The van der Waals surface area contributed by atoms with E-state index < -0.39 is 0 Å². The quantitative estimate of drug-likeness (QED) is 0.741. The number of ether oxygens (including phenoxy) is 1. The van der Waals surface area contributed by atoms with Gasteiger partial charge in [0.25, 0.3) is 5.91 Å². The molecule has 7 nitrogen and oxygen atoms in total. The predicted octanol–water partition coefficient (Wildman–Crippen LogP) is 3.17. The van der Waals surface area contributed by atoms with Gasteiger partial charge in [-0.05, 0) is 55.3 Å². The van der Waals surface area contributed by atoms with E-state index in [0.29, 0.717) is 17.0 Å². The van der Waals surface area contributed by atoms with E-state index in [-0.39, 0.29) is 12.5 Å². The number of rotatable bonds is 5. The van der Waals surface area contributed by atoms with Crippen LogP contribution in [-0.2, 0) is 17.8 Å². The number of fused-ring (bicyclic) bond motifs is 1. The first-order valence-corrected chi connectivity index (χ1v) is 9.18. The summed E-state index contributed by atoms with van der Waals surface area (Å²) in [6.45, 7) is 0.833. The number of nitrogens with zero attached hydrogens (tertiary/aromatic N) is 4. The Balaban J connectivity index is 1.36. The van der Waals surface area contributed by atoms with Crippen LogP contribution in [0.3, 0.4) is 0 Å². The van der Waals surface area contributed by atoms with Gasteiger partial charge in [-0.2, -0.15) is 5.26 Å². The fourth-order valence-corrected chi connectivity index (χ4v) is 3.23. The van der Waals surface area contributed by atoms with E-state index in [2.05, 4.69) is 20.1 Å². The molecule has 140 valence electrons. The first-order valence-electron chi connectivity index (χ1n) is 9.18. The number of nitrogens with one attached hydrogen (secondary N) is 1. The Hall–Kier alpha value is -3.66. The Morgan fingerprint density at radius 3 is 2.86 bits per heavy atom. The molecule has 3 aromatic rings. The van der Waals surface area contributed by atoms with Gasteiger partial charge < -0.3 is 14.6 Å². The highest BCUT2D eigenvalue weighted by molar-refractivity contribution is 5.92. The number of aryl methyl sites for hydroxylation is 1. The van der Waals surface area contributed by atoms with Crippen LogP contribution in [0.1, 0.15) is 24.2 Å². The highest BCUT2D eigenvalue weighted by Crippen LogP contribution is 2.24. The van der Waals surface area contributed by atoms with Crippen molar-refractivity contribution in [1.82, 2.24) is 14.8 Å². The third-order valence-corrected chi connectivity index (χ3v) is 4.62. The van der Waals surface area contributed by atoms with Gasteiger partial charge in [0.2, 0.25) is 0 Å². The average molecular weight is 373 g/mol. The van der Waals surface area contributed by atoms with E-state index in [1.165, 1.54) is 0 Å². The second-order valence-corrected chi connectivity index (χ2v) is 6.60. The van der Waals surface area contributed by atoms with Crippen molar-refractivity contribution in [2.75, 3.05) is 11.9 Å². The minimum Gasteiger partial charge on any atom is -0.484 e. The van der Waals surface area contributed by atoms with Crippen LogP contribution >= 0.6 is 0 Å². The van der Waals surface area contributed by atoms with Crippen LogP contribution in [0.15, 0.2) is 48.5 Å². The first-order chi connectivity index (χ1) is 13.7. The van der Waals surface area contributed by atoms with E-state index in [4.69, 9.17) is 10.00 Å². The fraction of sp³-hybridized carbons (Fsp3) is 0.238. The molecule has 28 heavy (non-hydrogen) atoms. The van der Waals surface area contributed by atoms with E-state index in [1.54, 1.807) is 24.3 Å². The maximum atomic E-state index is 12.1. The number of benzene rings is 2. The summed E-state index contributed by atoms with van der Waals surface area (Å²) in [5.74, 6) is 2.23. The smallest absolute Gasteiger partial charge is 0.262 e. The number of hydrogen-bond acceptors (Lipinski definition) is 5. The van der Waals surface area contributed by atoms with Crippen molar-refractivity contribution in [3.05, 3.63) is 59.9 Å². The Morgan fingerprint density at radius 1 is 1.18 bits per heavy atom. The van der Waals surface area contributed by atoms with Crippen LogP contribution in [0, 0.1) is 11.3 Å². The molecule has 0 saturated carbocycles. The topological polar surface area (TPSA) is 92.8 Å². The molecular formula is C21H19N5O2. The van der Waals surface area contributed by atoms with Gasteiger partial charge >= 0.3 is 0 Å². The van der Waals surface area contributed by atoms with Gasteiger partial charge in [0.1, 0.15) is 11.6 Å². The van der Waals surface area contributed by atoms with Gasteiger partial charge in [-0.3, -0.25) is 4.79 Å². The summed E-state index contributed by atoms with van der Waals surface area (Å²) in [7, 11) is 0. The summed E-state index contributed by atoms with van der Waals surface area (Å²) in [5.41, 5.74) is 2.04. The van der Waals surface area contributed by atoms with Crippen molar-refractivity contribution in [1.29, 1.82) is 5.26 Å². The van der Waals surface area contributed by atoms with Gasteiger partial charge in [-0.25, -0.2) is 0 Å². The van der Waals surface area contributed by atoms with E-state index in [1.807, 2.05) is 30.3 Å². The number of aromatic nitrogens is 3. The molecule has 0 atom stereocenters. The molecule has 1 aliphatic rings. The molecule has 7 heteroatoms. The summed E-state index contributed by atoms with van der Waals surface area (Å²) >= 11 is 0. The van der Waals surface area contributed by atoms with E-state index in [0.717, 1.165) is 43.0 Å².